The molecule has 0 aliphatic rings. The Morgan fingerprint density at radius 1 is 0.842 bits per heavy atom. The molecule has 0 radical (unpaired) electrons. The van der Waals surface area contributed by atoms with Gasteiger partial charge in [-0.1, -0.05) is 11.6 Å². The number of non-ortho nitro benzene ring substituents is 1. The van der Waals surface area contributed by atoms with E-state index in [0.29, 0.717) is 12.1 Å². The molecule has 0 aliphatic heterocycles. The van der Waals surface area contributed by atoms with Crippen LogP contribution in [-0.4, -0.2) is 19.8 Å². The van der Waals surface area contributed by atoms with Gasteiger partial charge in [0.25, 0.3) is 5.69 Å². The zero-order chi connectivity index (χ0) is 28.6. The summed E-state index contributed by atoms with van der Waals surface area (Å²) in [5, 5.41) is 33.1. The number of nitro groups is 3. The summed E-state index contributed by atoms with van der Waals surface area (Å²) in [7, 11) is 0. The topological polar surface area (TPSA) is 146 Å². The van der Waals surface area contributed by atoms with E-state index in [9.17, 15) is 56.7 Å². The Kier molecular flexibility index (Phi) is 7.68. The molecule has 1 aromatic heterocycles. The highest BCUT2D eigenvalue weighted by atomic mass is 35.5. The van der Waals surface area contributed by atoms with Gasteiger partial charge in [0.05, 0.1) is 42.7 Å². The number of pyridine rings is 1. The Hall–Kier alpha value is -4.19. The molecule has 0 bridgehead atoms. The Balaban J connectivity index is 2.49. The fourth-order valence-corrected chi connectivity index (χ4v) is 4.32. The number of benzene rings is 2. The molecule has 19 heteroatoms. The summed E-state index contributed by atoms with van der Waals surface area (Å²) in [6, 6.07) is 3.43. The number of halogens is 7. The molecule has 0 saturated heterocycles. The summed E-state index contributed by atoms with van der Waals surface area (Å²) in [6.45, 7) is 0. The van der Waals surface area contributed by atoms with Crippen LogP contribution in [0.5, 0.6) is 0 Å². The maximum atomic E-state index is 14.1. The first-order chi connectivity index (χ1) is 17.5. The van der Waals surface area contributed by atoms with Crippen molar-refractivity contribution in [3.8, 4) is 0 Å². The number of nitro benzene ring substituents is 2. The Morgan fingerprint density at radius 3 is 2.00 bits per heavy atom. The molecule has 3 aromatic rings. The second kappa shape index (κ2) is 10.3. The van der Waals surface area contributed by atoms with Crippen LogP contribution in [0.4, 0.5) is 54.8 Å². The zero-order valence-corrected chi connectivity index (χ0v) is 19.4. The molecule has 38 heavy (non-hydrogen) atoms. The van der Waals surface area contributed by atoms with Gasteiger partial charge in [0.2, 0.25) is 0 Å². The van der Waals surface area contributed by atoms with Crippen molar-refractivity contribution in [3.63, 3.8) is 0 Å². The van der Waals surface area contributed by atoms with E-state index in [-0.39, 0.29) is 34.5 Å². The molecule has 0 unspecified atom stereocenters. The minimum atomic E-state index is -5.53. The summed E-state index contributed by atoms with van der Waals surface area (Å²) < 4.78 is 82.9. The predicted octanol–water partition coefficient (Wildman–Crippen LogP) is 7.34. The molecule has 2 aromatic carbocycles. The van der Waals surface area contributed by atoms with Gasteiger partial charge in [-0.3, -0.25) is 34.6 Å². The number of rotatable bonds is 7. The number of alkyl halides is 6. The van der Waals surface area contributed by atoms with E-state index in [1.165, 1.54) is 0 Å². The molecule has 0 saturated carbocycles. The molecule has 0 spiro atoms. The largest absolute Gasteiger partial charge is 0.418 e. The molecule has 0 aliphatic carbocycles. The van der Waals surface area contributed by atoms with Gasteiger partial charge in [0.15, 0.2) is 5.03 Å². The van der Waals surface area contributed by atoms with Crippen molar-refractivity contribution in [2.45, 2.75) is 17.4 Å². The van der Waals surface area contributed by atoms with Gasteiger partial charge in [-0.2, -0.15) is 26.3 Å². The fraction of sp³-hybridized carbons (Fsp3) is 0.105. The molecule has 0 N–H and O–H groups in total. The number of hydrogen-bond donors (Lipinski definition) is 0. The maximum Gasteiger partial charge on any atom is 0.418 e. The summed E-state index contributed by atoms with van der Waals surface area (Å²) >= 11 is 5.92. The smallest absolute Gasteiger partial charge is 0.270 e. The Bertz CT molecular complexity index is 1450. The van der Waals surface area contributed by atoms with Crippen molar-refractivity contribution in [2.75, 3.05) is 4.31 Å². The maximum absolute atomic E-state index is 14.1. The molecule has 0 atom stereocenters. The van der Waals surface area contributed by atoms with E-state index in [0.717, 1.165) is 18.3 Å². The van der Waals surface area contributed by atoms with Gasteiger partial charge in [-0.05, 0) is 24.3 Å². The summed E-state index contributed by atoms with van der Waals surface area (Å²) in [4.78, 5) is 34.3. The lowest BCUT2D eigenvalue weighted by Crippen LogP contribution is -2.19. The number of hydrogen-bond acceptors (Lipinski definition) is 9. The minimum absolute atomic E-state index is 0.0652. The molecular weight excluding hydrogens is 576 g/mol. The van der Waals surface area contributed by atoms with E-state index in [1.54, 1.807) is 0 Å². The molecule has 11 nitrogen and oxygen atoms in total. The molecular formula is C19H8ClF6N5O6S. The summed E-state index contributed by atoms with van der Waals surface area (Å²) in [6.07, 6.45) is -9.62. The van der Waals surface area contributed by atoms with Crippen LogP contribution in [0, 0.1) is 30.3 Å². The summed E-state index contributed by atoms with van der Waals surface area (Å²) in [5.74, 6) is 0. The molecule has 3 rings (SSSR count). The van der Waals surface area contributed by atoms with Crippen molar-refractivity contribution >= 4 is 52.0 Å². The minimum Gasteiger partial charge on any atom is -0.270 e. The highest BCUT2D eigenvalue weighted by Crippen LogP contribution is 2.52. The quantitative estimate of drug-likeness (QED) is 0.121. The van der Waals surface area contributed by atoms with Crippen molar-refractivity contribution in [1.82, 2.24) is 4.98 Å². The van der Waals surface area contributed by atoms with Crippen LogP contribution in [0.15, 0.2) is 53.7 Å². The Morgan fingerprint density at radius 2 is 1.47 bits per heavy atom. The van der Waals surface area contributed by atoms with Crippen LogP contribution >= 0.6 is 23.5 Å². The van der Waals surface area contributed by atoms with Crippen LogP contribution in [0.25, 0.3) is 0 Å². The lowest BCUT2D eigenvalue weighted by atomic mass is 10.1. The third kappa shape index (κ3) is 5.86. The Labute approximate surface area is 215 Å². The van der Waals surface area contributed by atoms with Crippen LogP contribution in [0.1, 0.15) is 11.1 Å². The van der Waals surface area contributed by atoms with Crippen molar-refractivity contribution in [1.29, 1.82) is 0 Å². The third-order valence-corrected chi connectivity index (χ3v) is 5.98. The van der Waals surface area contributed by atoms with Crippen molar-refractivity contribution in [3.05, 3.63) is 95.2 Å². The standard InChI is InChI=1S/C19H8ClF6N5O6S/c20-12-4-3-9(18(21,22)23)6-14(12)28(38-17-13(30(34)35)2-1-5-27-17)16-11(19(24,25)26)7-10(29(32)33)8-15(16)31(36)37/h1-8H. The van der Waals surface area contributed by atoms with E-state index in [1.807, 2.05) is 0 Å². The van der Waals surface area contributed by atoms with Gasteiger partial charge in [-0.15, -0.1) is 0 Å². The lowest BCUT2D eigenvalue weighted by Gasteiger charge is -2.27. The van der Waals surface area contributed by atoms with Gasteiger partial charge in [0.1, 0.15) is 5.69 Å². The number of anilines is 2. The van der Waals surface area contributed by atoms with Crippen molar-refractivity contribution in [2.24, 2.45) is 0 Å². The second-order valence-corrected chi connectivity index (χ2v) is 8.35. The molecule has 200 valence electrons. The van der Waals surface area contributed by atoms with Crippen LogP contribution in [0.2, 0.25) is 5.02 Å². The van der Waals surface area contributed by atoms with E-state index < -0.39 is 76.7 Å². The number of nitrogens with zero attached hydrogens (tertiary/aromatic N) is 5. The average Bonchev–Trinajstić information content (AvgIpc) is 2.81. The fourth-order valence-electron chi connectivity index (χ4n) is 3.02. The first kappa shape index (κ1) is 28.4. The van der Waals surface area contributed by atoms with Gasteiger partial charge in [-0.25, -0.2) is 4.98 Å². The van der Waals surface area contributed by atoms with E-state index in [4.69, 9.17) is 11.6 Å². The SMILES string of the molecule is O=[N+]([O-])c1cc([N+](=O)[O-])c(N(Sc2ncccc2[N+](=O)[O-])c2cc(C(F)(F)F)ccc2Cl)c(C(F)(F)F)c1. The van der Waals surface area contributed by atoms with Gasteiger partial charge < -0.3 is 0 Å². The molecule has 1 heterocycles. The third-order valence-electron chi connectivity index (χ3n) is 4.61. The zero-order valence-electron chi connectivity index (χ0n) is 17.9. The molecule has 0 fully saturated rings. The first-order valence-corrected chi connectivity index (χ1v) is 10.7. The van der Waals surface area contributed by atoms with Crippen molar-refractivity contribution < 1.29 is 41.1 Å². The van der Waals surface area contributed by atoms with E-state index in [2.05, 4.69) is 4.98 Å². The monoisotopic (exact) mass is 583 g/mol. The highest BCUT2D eigenvalue weighted by molar-refractivity contribution is 8.01. The predicted molar refractivity (Wildman–Crippen MR) is 120 cm³/mol. The van der Waals surface area contributed by atoms with Crippen LogP contribution in [-0.2, 0) is 12.4 Å². The van der Waals surface area contributed by atoms with E-state index >= 15 is 0 Å². The molecule has 0 amide bonds. The summed E-state index contributed by atoms with van der Waals surface area (Å²) in [5.41, 5.74) is -9.55. The second-order valence-electron chi connectivity index (χ2n) is 7.01. The van der Waals surface area contributed by atoms with Gasteiger partial charge in [0, 0.05) is 30.3 Å². The van der Waals surface area contributed by atoms with Crippen LogP contribution in [0.3, 0.4) is 0 Å². The lowest BCUT2D eigenvalue weighted by molar-refractivity contribution is -0.394. The normalized spacial score (nSPS) is 11.8. The average molecular weight is 584 g/mol. The van der Waals surface area contributed by atoms with Crippen LogP contribution < -0.4 is 4.31 Å². The first-order valence-electron chi connectivity index (χ1n) is 9.50. The number of aromatic nitrogens is 1. The highest BCUT2D eigenvalue weighted by Gasteiger charge is 2.43. The van der Waals surface area contributed by atoms with Gasteiger partial charge >= 0.3 is 23.7 Å².